The Labute approximate surface area is 188 Å². The van der Waals surface area contributed by atoms with E-state index in [1.165, 1.54) is 16.5 Å². The first kappa shape index (κ1) is 20.3. The average Bonchev–Trinajstić information content (AvgIpc) is 2.87. The summed E-state index contributed by atoms with van der Waals surface area (Å²) in [5, 5.41) is 2.47. The summed E-state index contributed by atoms with van der Waals surface area (Å²) in [5.74, 6) is 0.828. The molecule has 0 bridgehead atoms. The van der Waals surface area contributed by atoms with Crippen molar-refractivity contribution in [2.24, 2.45) is 4.99 Å². The molecular formula is C28H26N2O2. The largest absolute Gasteiger partial charge is 0.488 e. The van der Waals surface area contributed by atoms with Crippen LogP contribution in [0.4, 0.5) is 11.4 Å². The van der Waals surface area contributed by atoms with Gasteiger partial charge in [-0.25, -0.2) is 0 Å². The molecule has 1 aliphatic heterocycles. The molecule has 0 spiro atoms. The highest BCUT2D eigenvalue weighted by molar-refractivity contribution is 5.85. The fourth-order valence-corrected chi connectivity index (χ4v) is 3.92. The zero-order valence-corrected chi connectivity index (χ0v) is 18.0. The summed E-state index contributed by atoms with van der Waals surface area (Å²) in [6, 6.07) is 31.2. The molecule has 0 aliphatic carbocycles. The molecule has 32 heavy (non-hydrogen) atoms. The van der Waals surface area contributed by atoms with Gasteiger partial charge in [0.1, 0.15) is 12.4 Å². The van der Waals surface area contributed by atoms with E-state index < -0.39 is 0 Å². The van der Waals surface area contributed by atoms with E-state index in [4.69, 9.17) is 9.47 Å². The lowest BCUT2D eigenvalue weighted by atomic mass is 10.1. The van der Waals surface area contributed by atoms with Gasteiger partial charge in [0.05, 0.1) is 18.9 Å². The van der Waals surface area contributed by atoms with Gasteiger partial charge in [0, 0.05) is 30.6 Å². The second-order valence-corrected chi connectivity index (χ2v) is 7.88. The predicted molar refractivity (Wildman–Crippen MR) is 131 cm³/mol. The summed E-state index contributed by atoms with van der Waals surface area (Å²) in [7, 11) is 0. The number of benzene rings is 4. The van der Waals surface area contributed by atoms with Crippen molar-refractivity contribution >= 4 is 28.4 Å². The van der Waals surface area contributed by atoms with E-state index >= 15 is 0 Å². The number of rotatable bonds is 6. The Morgan fingerprint density at radius 3 is 2.41 bits per heavy atom. The Bertz CT molecular complexity index is 1210. The summed E-state index contributed by atoms with van der Waals surface area (Å²) in [4.78, 5) is 7.01. The highest BCUT2D eigenvalue weighted by Gasteiger charge is 2.10. The Hall–Kier alpha value is -3.63. The molecule has 0 atom stereocenters. The van der Waals surface area contributed by atoms with Crippen LogP contribution >= 0.6 is 0 Å². The third-order valence-corrected chi connectivity index (χ3v) is 5.71. The van der Waals surface area contributed by atoms with Gasteiger partial charge in [0.2, 0.25) is 0 Å². The molecule has 4 aromatic carbocycles. The molecule has 4 heteroatoms. The van der Waals surface area contributed by atoms with Crippen molar-refractivity contribution in [2.45, 2.75) is 6.61 Å². The topological polar surface area (TPSA) is 34.1 Å². The summed E-state index contributed by atoms with van der Waals surface area (Å²) in [6.07, 6.45) is 1.87. The number of fused-ring (bicyclic) bond motifs is 1. The van der Waals surface area contributed by atoms with Crippen LogP contribution in [0.5, 0.6) is 5.75 Å². The molecule has 0 N–H and O–H groups in total. The molecule has 160 valence electrons. The van der Waals surface area contributed by atoms with E-state index in [0.29, 0.717) is 6.61 Å². The monoisotopic (exact) mass is 422 g/mol. The third kappa shape index (κ3) is 4.82. The smallest absolute Gasteiger partial charge is 0.128 e. The summed E-state index contributed by atoms with van der Waals surface area (Å²) >= 11 is 0. The normalized spacial score (nSPS) is 14.2. The van der Waals surface area contributed by atoms with E-state index in [1.54, 1.807) is 0 Å². The van der Waals surface area contributed by atoms with Crippen LogP contribution in [0.25, 0.3) is 10.8 Å². The maximum atomic E-state index is 6.15. The Kier molecular flexibility index (Phi) is 6.13. The molecular weight excluding hydrogens is 396 g/mol. The standard InChI is InChI=1S/C28H26N2O2/c1-2-6-24-19-22(9-10-23(24)5-1)21-32-28-8-4-3-7-25(28)20-29-26-11-13-27(14-12-26)30-15-17-31-18-16-30/h1-14,19-20H,15-18,21H2. The molecule has 1 aliphatic rings. The molecule has 0 radical (unpaired) electrons. The number of anilines is 1. The quantitative estimate of drug-likeness (QED) is 0.357. The maximum absolute atomic E-state index is 6.15. The van der Waals surface area contributed by atoms with Crippen LogP contribution < -0.4 is 9.64 Å². The van der Waals surface area contributed by atoms with Gasteiger partial charge in [-0.3, -0.25) is 4.99 Å². The van der Waals surface area contributed by atoms with Crippen molar-refractivity contribution in [3.05, 3.63) is 102 Å². The zero-order chi connectivity index (χ0) is 21.6. The van der Waals surface area contributed by atoms with E-state index in [2.05, 4.69) is 76.6 Å². The SMILES string of the molecule is C(=Nc1ccc(N2CCOCC2)cc1)c1ccccc1OCc1ccc2ccccc2c1. The highest BCUT2D eigenvalue weighted by atomic mass is 16.5. The van der Waals surface area contributed by atoms with E-state index in [-0.39, 0.29) is 0 Å². The maximum Gasteiger partial charge on any atom is 0.128 e. The lowest BCUT2D eigenvalue weighted by Gasteiger charge is -2.28. The van der Waals surface area contributed by atoms with Crippen molar-refractivity contribution < 1.29 is 9.47 Å². The molecule has 1 heterocycles. The number of aliphatic imine (C=N–C) groups is 1. The number of hydrogen-bond acceptors (Lipinski definition) is 4. The first-order valence-corrected chi connectivity index (χ1v) is 11.0. The Morgan fingerprint density at radius 1 is 0.812 bits per heavy atom. The predicted octanol–water partition coefficient (Wildman–Crippen LogP) is 6.01. The first-order chi connectivity index (χ1) is 15.8. The number of hydrogen-bond donors (Lipinski definition) is 0. The Morgan fingerprint density at radius 2 is 1.56 bits per heavy atom. The fourth-order valence-electron chi connectivity index (χ4n) is 3.92. The molecule has 1 fully saturated rings. The van der Waals surface area contributed by atoms with Crippen molar-refractivity contribution in [2.75, 3.05) is 31.2 Å². The number of ether oxygens (including phenoxy) is 2. The summed E-state index contributed by atoms with van der Waals surface area (Å²) in [5.41, 5.74) is 4.25. The van der Waals surface area contributed by atoms with Gasteiger partial charge in [-0.05, 0) is 58.8 Å². The molecule has 0 unspecified atom stereocenters. The fraction of sp³-hybridized carbons (Fsp3) is 0.179. The van der Waals surface area contributed by atoms with Gasteiger partial charge >= 0.3 is 0 Å². The van der Waals surface area contributed by atoms with Crippen LogP contribution in [0, 0.1) is 0 Å². The van der Waals surface area contributed by atoms with Gasteiger partial charge in [-0.15, -0.1) is 0 Å². The first-order valence-electron chi connectivity index (χ1n) is 11.0. The van der Waals surface area contributed by atoms with Crippen LogP contribution in [0.1, 0.15) is 11.1 Å². The van der Waals surface area contributed by atoms with Gasteiger partial charge in [-0.2, -0.15) is 0 Å². The van der Waals surface area contributed by atoms with E-state index in [1.807, 2.05) is 30.5 Å². The number of morpholine rings is 1. The number of nitrogens with zero attached hydrogens (tertiary/aromatic N) is 2. The minimum Gasteiger partial charge on any atom is -0.488 e. The lowest BCUT2D eigenvalue weighted by Crippen LogP contribution is -2.36. The molecule has 0 amide bonds. The van der Waals surface area contributed by atoms with Crippen molar-refractivity contribution in [1.29, 1.82) is 0 Å². The summed E-state index contributed by atoms with van der Waals surface area (Å²) < 4.78 is 11.6. The van der Waals surface area contributed by atoms with Crippen LogP contribution in [-0.2, 0) is 11.3 Å². The summed E-state index contributed by atoms with van der Waals surface area (Å²) in [6.45, 7) is 3.96. The molecule has 4 aromatic rings. The minimum absolute atomic E-state index is 0.518. The van der Waals surface area contributed by atoms with Gasteiger partial charge < -0.3 is 14.4 Å². The molecule has 0 aromatic heterocycles. The van der Waals surface area contributed by atoms with Crippen LogP contribution in [0.2, 0.25) is 0 Å². The van der Waals surface area contributed by atoms with Crippen LogP contribution in [-0.4, -0.2) is 32.5 Å². The zero-order valence-electron chi connectivity index (χ0n) is 18.0. The average molecular weight is 423 g/mol. The molecule has 5 rings (SSSR count). The van der Waals surface area contributed by atoms with Crippen LogP contribution in [0.3, 0.4) is 0 Å². The van der Waals surface area contributed by atoms with E-state index in [0.717, 1.165) is 48.9 Å². The molecule has 1 saturated heterocycles. The molecule has 0 saturated carbocycles. The van der Waals surface area contributed by atoms with Crippen LogP contribution in [0.15, 0.2) is 96.0 Å². The Balaban J connectivity index is 1.27. The highest BCUT2D eigenvalue weighted by Crippen LogP contribution is 2.23. The second kappa shape index (κ2) is 9.67. The lowest BCUT2D eigenvalue weighted by molar-refractivity contribution is 0.122. The third-order valence-electron chi connectivity index (χ3n) is 5.71. The second-order valence-electron chi connectivity index (χ2n) is 7.88. The van der Waals surface area contributed by atoms with Crippen molar-refractivity contribution in [3.63, 3.8) is 0 Å². The van der Waals surface area contributed by atoms with Crippen molar-refractivity contribution in [3.8, 4) is 5.75 Å². The van der Waals surface area contributed by atoms with Gasteiger partial charge in [-0.1, -0.05) is 48.5 Å². The van der Waals surface area contributed by atoms with Gasteiger partial charge in [0.25, 0.3) is 0 Å². The van der Waals surface area contributed by atoms with E-state index in [9.17, 15) is 0 Å². The number of para-hydroxylation sites is 1. The van der Waals surface area contributed by atoms with Gasteiger partial charge in [0.15, 0.2) is 0 Å². The molecule has 4 nitrogen and oxygen atoms in total. The minimum atomic E-state index is 0.518. The van der Waals surface area contributed by atoms with Crippen molar-refractivity contribution in [1.82, 2.24) is 0 Å².